The van der Waals surface area contributed by atoms with E-state index in [1.807, 2.05) is 27.7 Å². The molecule has 0 saturated carbocycles. The van der Waals surface area contributed by atoms with Gasteiger partial charge in [0.15, 0.2) is 17.9 Å². The fourth-order valence-electron chi connectivity index (χ4n) is 3.47. The number of rotatable bonds is 6. The van der Waals surface area contributed by atoms with Crippen LogP contribution in [0.25, 0.3) is 0 Å². The summed E-state index contributed by atoms with van der Waals surface area (Å²) in [5, 5.41) is 0. The molecule has 3 aliphatic rings. The van der Waals surface area contributed by atoms with Crippen molar-refractivity contribution in [3.63, 3.8) is 0 Å². The lowest BCUT2D eigenvalue weighted by molar-refractivity contribution is -0.241. The SMILES string of the molecule is C=C(CCCC)OC[C@H]1OC2OC(C)(C)OC2[C@H]2OC(C)(C)O[C@H]21. The van der Waals surface area contributed by atoms with Gasteiger partial charge in [-0.25, -0.2) is 0 Å². The zero-order valence-corrected chi connectivity index (χ0v) is 15.4. The first-order valence-electron chi connectivity index (χ1n) is 8.88. The van der Waals surface area contributed by atoms with Crippen molar-refractivity contribution in [2.75, 3.05) is 6.61 Å². The van der Waals surface area contributed by atoms with Crippen LogP contribution in [0, 0.1) is 0 Å². The topological polar surface area (TPSA) is 55.4 Å². The second-order valence-electron chi connectivity index (χ2n) is 7.66. The lowest BCUT2D eigenvalue weighted by Crippen LogP contribution is -2.56. The Morgan fingerprint density at radius 2 is 1.58 bits per heavy atom. The zero-order valence-electron chi connectivity index (χ0n) is 15.4. The van der Waals surface area contributed by atoms with E-state index in [0.717, 1.165) is 25.0 Å². The summed E-state index contributed by atoms with van der Waals surface area (Å²) < 4.78 is 35.9. The Bertz CT molecular complexity index is 474. The summed E-state index contributed by atoms with van der Waals surface area (Å²) in [6, 6.07) is 0. The van der Waals surface area contributed by atoms with Crippen molar-refractivity contribution in [2.24, 2.45) is 0 Å². The Morgan fingerprint density at radius 1 is 0.958 bits per heavy atom. The van der Waals surface area contributed by atoms with E-state index in [1.54, 1.807) is 0 Å². The molecule has 3 rings (SSSR count). The van der Waals surface area contributed by atoms with Crippen molar-refractivity contribution in [1.29, 1.82) is 0 Å². The first-order valence-corrected chi connectivity index (χ1v) is 8.88. The van der Waals surface area contributed by atoms with Crippen LogP contribution in [0.2, 0.25) is 0 Å². The third-order valence-corrected chi connectivity index (χ3v) is 4.51. The highest BCUT2D eigenvalue weighted by molar-refractivity contribution is 5.00. The van der Waals surface area contributed by atoms with Gasteiger partial charge in [0.25, 0.3) is 0 Å². The molecule has 2 unspecified atom stereocenters. The molecule has 3 aliphatic heterocycles. The smallest absolute Gasteiger partial charge is 0.190 e. The molecule has 3 heterocycles. The van der Waals surface area contributed by atoms with Crippen LogP contribution in [0.15, 0.2) is 12.3 Å². The van der Waals surface area contributed by atoms with Gasteiger partial charge in [-0.1, -0.05) is 19.9 Å². The van der Waals surface area contributed by atoms with Crippen molar-refractivity contribution in [3.05, 3.63) is 12.3 Å². The van der Waals surface area contributed by atoms with Crippen molar-refractivity contribution in [2.45, 2.75) is 96.2 Å². The van der Waals surface area contributed by atoms with Crippen LogP contribution in [0.4, 0.5) is 0 Å². The standard InChI is InChI=1S/C18H30O6/c1-7-8-9-11(2)19-10-12-13-14(22-17(3,4)21-13)15-16(20-12)24-18(5,6)23-15/h12-16H,2,7-10H2,1,3-6H3/t12-,13+,14+,15?,16?/m1/s1. The van der Waals surface area contributed by atoms with Gasteiger partial charge >= 0.3 is 0 Å². The van der Waals surface area contributed by atoms with Crippen LogP contribution in [0.1, 0.15) is 53.9 Å². The molecule has 6 nitrogen and oxygen atoms in total. The summed E-state index contributed by atoms with van der Waals surface area (Å²) in [5.74, 6) is -0.598. The van der Waals surface area contributed by atoms with Gasteiger partial charge in [-0.2, -0.15) is 0 Å². The summed E-state index contributed by atoms with van der Waals surface area (Å²) in [6.07, 6.45) is 1.49. The first kappa shape index (κ1) is 18.1. The lowest BCUT2D eigenvalue weighted by Gasteiger charge is -2.37. The Labute approximate surface area is 144 Å². The summed E-state index contributed by atoms with van der Waals surface area (Å²) >= 11 is 0. The molecule has 138 valence electrons. The van der Waals surface area contributed by atoms with Crippen molar-refractivity contribution in [1.82, 2.24) is 0 Å². The monoisotopic (exact) mass is 342 g/mol. The van der Waals surface area contributed by atoms with E-state index in [9.17, 15) is 0 Å². The normalized spacial score (nSPS) is 39.3. The van der Waals surface area contributed by atoms with E-state index in [1.165, 1.54) is 0 Å². The maximum atomic E-state index is 6.09. The van der Waals surface area contributed by atoms with Gasteiger partial charge in [-0.3, -0.25) is 0 Å². The van der Waals surface area contributed by atoms with Gasteiger partial charge < -0.3 is 28.4 Å². The molecular weight excluding hydrogens is 312 g/mol. The third-order valence-electron chi connectivity index (χ3n) is 4.51. The summed E-state index contributed by atoms with van der Waals surface area (Å²) in [5.41, 5.74) is 0. The van der Waals surface area contributed by atoms with E-state index in [2.05, 4.69) is 13.5 Å². The largest absolute Gasteiger partial charge is 0.496 e. The van der Waals surface area contributed by atoms with Gasteiger partial charge in [-0.15, -0.1) is 0 Å². The fraction of sp³-hybridized carbons (Fsp3) is 0.889. The molecule has 0 amide bonds. The molecule has 0 aromatic heterocycles. The van der Waals surface area contributed by atoms with Gasteiger partial charge in [-0.05, 0) is 34.1 Å². The van der Waals surface area contributed by atoms with Gasteiger partial charge in [0.05, 0.1) is 5.76 Å². The molecule has 24 heavy (non-hydrogen) atoms. The van der Waals surface area contributed by atoms with Gasteiger partial charge in [0, 0.05) is 6.42 Å². The first-order chi connectivity index (χ1) is 11.2. The second kappa shape index (κ2) is 6.57. The summed E-state index contributed by atoms with van der Waals surface area (Å²) in [6.45, 7) is 14.1. The van der Waals surface area contributed by atoms with E-state index < -0.39 is 17.9 Å². The summed E-state index contributed by atoms with van der Waals surface area (Å²) in [7, 11) is 0. The van der Waals surface area contributed by atoms with Gasteiger partial charge in [0.1, 0.15) is 31.0 Å². The molecule has 0 radical (unpaired) electrons. The molecule has 0 spiro atoms. The predicted molar refractivity (Wildman–Crippen MR) is 87.1 cm³/mol. The van der Waals surface area contributed by atoms with E-state index in [0.29, 0.717) is 6.61 Å². The Morgan fingerprint density at radius 3 is 2.29 bits per heavy atom. The van der Waals surface area contributed by atoms with Crippen LogP contribution < -0.4 is 0 Å². The highest BCUT2D eigenvalue weighted by atomic mass is 16.9. The predicted octanol–water partition coefficient (Wildman–Crippen LogP) is 3.10. The number of unbranched alkanes of at least 4 members (excludes halogenated alkanes) is 1. The average molecular weight is 342 g/mol. The molecule has 5 atom stereocenters. The van der Waals surface area contributed by atoms with Crippen molar-refractivity contribution >= 4 is 0 Å². The number of hydrogen-bond acceptors (Lipinski definition) is 6. The summed E-state index contributed by atoms with van der Waals surface area (Å²) in [4.78, 5) is 0. The highest BCUT2D eigenvalue weighted by Gasteiger charge is 2.60. The Balaban J connectivity index is 1.67. The number of fused-ring (bicyclic) bond motifs is 3. The minimum absolute atomic E-state index is 0.238. The Kier molecular flexibility index (Phi) is 4.97. The van der Waals surface area contributed by atoms with Crippen LogP contribution in [-0.2, 0) is 28.4 Å². The highest BCUT2D eigenvalue weighted by Crippen LogP contribution is 2.44. The average Bonchev–Trinajstić information content (AvgIpc) is 2.96. The van der Waals surface area contributed by atoms with Crippen molar-refractivity contribution < 1.29 is 28.4 Å². The molecule has 0 bridgehead atoms. The minimum atomic E-state index is -0.698. The quantitative estimate of drug-likeness (QED) is 0.692. The molecule has 0 N–H and O–H groups in total. The van der Waals surface area contributed by atoms with E-state index >= 15 is 0 Å². The maximum Gasteiger partial charge on any atom is 0.190 e. The number of hydrogen-bond donors (Lipinski definition) is 0. The van der Waals surface area contributed by atoms with E-state index in [-0.39, 0.29) is 24.4 Å². The lowest BCUT2D eigenvalue weighted by atomic mass is 9.99. The molecule has 3 fully saturated rings. The third kappa shape index (κ3) is 3.78. The van der Waals surface area contributed by atoms with Crippen LogP contribution >= 0.6 is 0 Å². The molecule has 6 heteroatoms. The molecular formula is C18H30O6. The number of allylic oxidation sites excluding steroid dienone is 1. The molecule has 0 aromatic carbocycles. The maximum absolute atomic E-state index is 6.09. The Hall–Kier alpha value is -0.660. The number of ether oxygens (including phenoxy) is 6. The fourth-order valence-corrected chi connectivity index (χ4v) is 3.47. The molecule has 0 aromatic rings. The van der Waals surface area contributed by atoms with Crippen molar-refractivity contribution in [3.8, 4) is 0 Å². The van der Waals surface area contributed by atoms with Crippen LogP contribution in [0.3, 0.4) is 0 Å². The molecule has 0 aliphatic carbocycles. The van der Waals surface area contributed by atoms with Crippen LogP contribution in [-0.4, -0.2) is 48.9 Å². The molecule has 3 saturated heterocycles. The van der Waals surface area contributed by atoms with Gasteiger partial charge in [0.2, 0.25) is 0 Å². The second-order valence-corrected chi connectivity index (χ2v) is 7.66. The minimum Gasteiger partial charge on any atom is -0.496 e. The van der Waals surface area contributed by atoms with Crippen LogP contribution in [0.5, 0.6) is 0 Å². The van der Waals surface area contributed by atoms with E-state index in [4.69, 9.17) is 28.4 Å². The zero-order chi connectivity index (χ0) is 17.5.